The van der Waals surface area contributed by atoms with Gasteiger partial charge >= 0.3 is 0 Å². The van der Waals surface area contributed by atoms with Crippen molar-refractivity contribution < 1.29 is 0 Å². The van der Waals surface area contributed by atoms with E-state index in [4.69, 9.17) is 11.6 Å². The fourth-order valence-corrected chi connectivity index (χ4v) is 2.44. The van der Waals surface area contributed by atoms with Crippen molar-refractivity contribution in [3.8, 4) is 0 Å². The third-order valence-corrected chi connectivity index (χ3v) is 3.45. The number of nitrogens with zero attached hydrogens (tertiary/aromatic N) is 2. The lowest BCUT2D eigenvalue weighted by molar-refractivity contribution is 0.364. The van der Waals surface area contributed by atoms with E-state index < -0.39 is 0 Å². The first-order valence-corrected chi connectivity index (χ1v) is 6.10. The molecule has 1 saturated heterocycles. The standard InChI is InChI=1S/C11H18ClN3/c1-2-15-11(10(12)8-14-15)7-9-3-5-13-6-4-9/h8-9,13H,2-7H2,1H3. The fraction of sp³-hybridized carbons (Fsp3) is 0.727. The zero-order valence-corrected chi connectivity index (χ0v) is 9.93. The Kier molecular flexibility index (Phi) is 3.65. The molecule has 0 aromatic carbocycles. The van der Waals surface area contributed by atoms with Gasteiger partial charge in [0.25, 0.3) is 0 Å². The van der Waals surface area contributed by atoms with Crippen LogP contribution in [0.3, 0.4) is 0 Å². The van der Waals surface area contributed by atoms with Crippen LogP contribution in [0.4, 0.5) is 0 Å². The van der Waals surface area contributed by atoms with Crippen LogP contribution in [-0.2, 0) is 13.0 Å². The lowest BCUT2D eigenvalue weighted by Gasteiger charge is -2.22. The molecular weight excluding hydrogens is 210 g/mol. The minimum atomic E-state index is 0.769. The number of halogens is 1. The van der Waals surface area contributed by atoms with Crippen LogP contribution in [0.5, 0.6) is 0 Å². The summed E-state index contributed by atoms with van der Waals surface area (Å²) in [6, 6.07) is 0. The summed E-state index contributed by atoms with van der Waals surface area (Å²) in [5, 5.41) is 8.48. The van der Waals surface area contributed by atoms with Crippen LogP contribution in [0.25, 0.3) is 0 Å². The molecule has 1 aromatic heterocycles. The van der Waals surface area contributed by atoms with Gasteiger partial charge in [0.05, 0.1) is 16.9 Å². The Morgan fingerprint density at radius 1 is 1.53 bits per heavy atom. The van der Waals surface area contributed by atoms with Gasteiger partial charge in [-0.05, 0) is 45.2 Å². The molecule has 0 unspecified atom stereocenters. The minimum absolute atomic E-state index is 0.769. The summed E-state index contributed by atoms with van der Waals surface area (Å²) in [7, 11) is 0. The van der Waals surface area contributed by atoms with Crippen molar-refractivity contribution in [2.75, 3.05) is 13.1 Å². The van der Waals surface area contributed by atoms with Gasteiger partial charge in [-0.3, -0.25) is 4.68 Å². The molecule has 0 amide bonds. The van der Waals surface area contributed by atoms with Gasteiger partial charge in [-0.2, -0.15) is 5.10 Å². The SMILES string of the molecule is CCn1ncc(Cl)c1CC1CCNCC1. The first-order chi connectivity index (χ1) is 7.31. The average Bonchev–Trinajstić information content (AvgIpc) is 2.62. The fourth-order valence-electron chi connectivity index (χ4n) is 2.22. The quantitative estimate of drug-likeness (QED) is 0.857. The second-order valence-electron chi connectivity index (χ2n) is 4.15. The summed E-state index contributed by atoms with van der Waals surface area (Å²) in [5.74, 6) is 0.769. The van der Waals surface area contributed by atoms with E-state index in [1.54, 1.807) is 6.20 Å². The van der Waals surface area contributed by atoms with Gasteiger partial charge in [0.2, 0.25) is 0 Å². The Balaban J connectivity index is 2.04. The molecule has 4 heteroatoms. The molecule has 1 aliphatic rings. The molecule has 1 aromatic rings. The second-order valence-corrected chi connectivity index (χ2v) is 4.56. The van der Waals surface area contributed by atoms with Crippen molar-refractivity contribution in [2.24, 2.45) is 5.92 Å². The molecule has 0 spiro atoms. The van der Waals surface area contributed by atoms with Crippen molar-refractivity contribution in [2.45, 2.75) is 32.7 Å². The molecule has 0 bridgehead atoms. The maximum Gasteiger partial charge on any atom is 0.0817 e. The first kappa shape index (κ1) is 11.0. The van der Waals surface area contributed by atoms with Crippen LogP contribution in [0.1, 0.15) is 25.5 Å². The van der Waals surface area contributed by atoms with E-state index in [0.29, 0.717) is 0 Å². The smallest absolute Gasteiger partial charge is 0.0817 e. The van der Waals surface area contributed by atoms with Crippen LogP contribution >= 0.6 is 11.6 Å². The molecule has 1 N–H and O–H groups in total. The van der Waals surface area contributed by atoms with Gasteiger partial charge in [0, 0.05) is 6.54 Å². The van der Waals surface area contributed by atoms with Crippen LogP contribution < -0.4 is 5.32 Å². The van der Waals surface area contributed by atoms with E-state index in [0.717, 1.165) is 37.0 Å². The number of aryl methyl sites for hydroxylation is 1. The van der Waals surface area contributed by atoms with Gasteiger partial charge in [-0.15, -0.1) is 0 Å². The Labute approximate surface area is 95.8 Å². The molecule has 0 aliphatic carbocycles. The highest BCUT2D eigenvalue weighted by atomic mass is 35.5. The number of aromatic nitrogens is 2. The Hall–Kier alpha value is -0.540. The van der Waals surface area contributed by atoms with Crippen LogP contribution in [0, 0.1) is 5.92 Å². The summed E-state index contributed by atoms with van der Waals surface area (Å²) >= 11 is 6.14. The molecule has 1 aliphatic heterocycles. The maximum absolute atomic E-state index is 6.14. The van der Waals surface area contributed by atoms with Gasteiger partial charge in [0.15, 0.2) is 0 Å². The third kappa shape index (κ3) is 2.52. The van der Waals surface area contributed by atoms with E-state index in [1.807, 2.05) is 4.68 Å². The molecule has 84 valence electrons. The van der Waals surface area contributed by atoms with Crippen LogP contribution in [-0.4, -0.2) is 22.9 Å². The van der Waals surface area contributed by atoms with Crippen molar-refractivity contribution in [1.29, 1.82) is 0 Å². The summed E-state index contributed by atoms with van der Waals surface area (Å²) in [5.41, 5.74) is 1.21. The number of hydrogen-bond donors (Lipinski definition) is 1. The molecule has 2 heterocycles. The highest BCUT2D eigenvalue weighted by Crippen LogP contribution is 2.23. The molecular formula is C11H18ClN3. The first-order valence-electron chi connectivity index (χ1n) is 5.72. The second kappa shape index (κ2) is 4.99. The predicted octanol–water partition coefficient (Wildman–Crippen LogP) is 2.10. The van der Waals surface area contributed by atoms with Crippen molar-refractivity contribution in [1.82, 2.24) is 15.1 Å². The number of rotatable bonds is 3. The van der Waals surface area contributed by atoms with Crippen LogP contribution in [0.2, 0.25) is 5.02 Å². The van der Waals surface area contributed by atoms with Crippen molar-refractivity contribution in [3.05, 3.63) is 16.9 Å². The minimum Gasteiger partial charge on any atom is -0.317 e. The Morgan fingerprint density at radius 2 is 2.27 bits per heavy atom. The highest BCUT2D eigenvalue weighted by molar-refractivity contribution is 6.31. The average molecular weight is 228 g/mol. The van der Waals surface area contributed by atoms with E-state index in [9.17, 15) is 0 Å². The maximum atomic E-state index is 6.14. The largest absolute Gasteiger partial charge is 0.317 e. The number of piperidine rings is 1. The monoisotopic (exact) mass is 227 g/mol. The predicted molar refractivity (Wildman–Crippen MR) is 62.2 cm³/mol. The molecule has 3 nitrogen and oxygen atoms in total. The topological polar surface area (TPSA) is 29.9 Å². The van der Waals surface area contributed by atoms with Gasteiger partial charge in [0.1, 0.15) is 0 Å². The molecule has 0 radical (unpaired) electrons. The zero-order chi connectivity index (χ0) is 10.7. The normalized spacial score (nSPS) is 18.3. The van der Waals surface area contributed by atoms with Crippen LogP contribution in [0.15, 0.2) is 6.20 Å². The Morgan fingerprint density at radius 3 is 2.93 bits per heavy atom. The van der Waals surface area contributed by atoms with E-state index in [2.05, 4.69) is 17.3 Å². The third-order valence-electron chi connectivity index (χ3n) is 3.14. The lowest BCUT2D eigenvalue weighted by atomic mass is 9.93. The number of nitrogens with one attached hydrogen (secondary N) is 1. The summed E-state index contributed by atoms with van der Waals surface area (Å²) < 4.78 is 2.02. The van der Waals surface area contributed by atoms with E-state index in [-0.39, 0.29) is 0 Å². The van der Waals surface area contributed by atoms with E-state index >= 15 is 0 Å². The summed E-state index contributed by atoms with van der Waals surface area (Å²) in [6.45, 7) is 5.30. The van der Waals surface area contributed by atoms with E-state index in [1.165, 1.54) is 18.5 Å². The molecule has 0 atom stereocenters. The number of hydrogen-bond acceptors (Lipinski definition) is 2. The van der Waals surface area contributed by atoms with Gasteiger partial charge in [-0.1, -0.05) is 11.6 Å². The molecule has 2 rings (SSSR count). The van der Waals surface area contributed by atoms with Gasteiger partial charge < -0.3 is 5.32 Å². The Bertz CT molecular complexity index is 316. The van der Waals surface area contributed by atoms with Crippen molar-refractivity contribution >= 4 is 11.6 Å². The molecule has 0 saturated carbocycles. The highest BCUT2D eigenvalue weighted by Gasteiger charge is 2.17. The van der Waals surface area contributed by atoms with Crippen molar-refractivity contribution in [3.63, 3.8) is 0 Å². The summed E-state index contributed by atoms with van der Waals surface area (Å²) in [6.07, 6.45) is 5.35. The summed E-state index contributed by atoms with van der Waals surface area (Å²) in [4.78, 5) is 0. The molecule has 15 heavy (non-hydrogen) atoms. The zero-order valence-electron chi connectivity index (χ0n) is 9.17. The van der Waals surface area contributed by atoms with Gasteiger partial charge in [-0.25, -0.2) is 0 Å². The molecule has 1 fully saturated rings. The lowest BCUT2D eigenvalue weighted by Crippen LogP contribution is -2.29.